The molecule has 1 aromatic carbocycles. The van der Waals surface area contributed by atoms with Crippen molar-refractivity contribution in [3.8, 4) is 11.3 Å². The molecule has 5 rings (SSSR count). The van der Waals surface area contributed by atoms with E-state index in [1.165, 1.54) is 24.3 Å². The van der Waals surface area contributed by atoms with Gasteiger partial charge in [0.05, 0.1) is 35.3 Å². The third-order valence-electron chi connectivity index (χ3n) is 8.64. The first-order valence-corrected chi connectivity index (χ1v) is 15.2. The quantitative estimate of drug-likeness (QED) is 0.148. The van der Waals surface area contributed by atoms with Crippen molar-refractivity contribution in [2.24, 2.45) is 0 Å². The van der Waals surface area contributed by atoms with Crippen molar-refractivity contribution >= 4 is 34.7 Å². The van der Waals surface area contributed by atoms with Crippen LogP contribution in [0.5, 0.6) is 0 Å². The third kappa shape index (κ3) is 7.71. The first kappa shape index (κ1) is 38.4. The second-order valence-electron chi connectivity index (χ2n) is 12.2. The van der Waals surface area contributed by atoms with E-state index in [9.17, 15) is 69.8 Å². The summed E-state index contributed by atoms with van der Waals surface area (Å²) in [4.78, 5) is 28.2. The number of quaternary nitrogens is 1. The van der Waals surface area contributed by atoms with Gasteiger partial charge in [0.25, 0.3) is 17.4 Å². The summed E-state index contributed by atoms with van der Waals surface area (Å²) in [6.07, 6.45) is -17.3. The number of piperidine rings is 1. The van der Waals surface area contributed by atoms with Crippen molar-refractivity contribution < 1.29 is 64.6 Å². The zero-order valence-electron chi connectivity index (χ0n) is 25.7. The Morgan fingerprint density at radius 3 is 2.27 bits per heavy atom. The molecule has 13 nitrogen and oxygen atoms in total. The van der Waals surface area contributed by atoms with Gasteiger partial charge in [0.15, 0.2) is 5.52 Å². The number of amides is 2. The van der Waals surface area contributed by atoms with Crippen LogP contribution in [-0.2, 0) is 11.3 Å². The minimum atomic E-state index is -6.29. The number of alkyl halides is 9. The minimum absolute atomic E-state index is 0.0468. The van der Waals surface area contributed by atoms with Crippen LogP contribution in [0, 0.1) is 5.21 Å². The van der Waals surface area contributed by atoms with Gasteiger partial charge in [0.1, 0.15) is 12.5 Å². The largest absolute Gasteiger partial charge is 0.558 e. The smallest absolute Gasteiger partial charge is 0.426 e. The van der Waals surface area contributed by atoms with Crippen LogP contribution >= 0.6 is 11.6 Å². The van der Waals surface area contributed by atoms with E-state index < -0.39 is 91.0 Å². The first-order chi connectivity index (χ1) is 23.4. The van der Waals surface area contributed by atoms with Gasteiger partial charge >= 0.3 is 18.2 Å². The molecule has 2 aliphatic heterocycles. The fourth-order valence-corrected chi connectivity index (χ4v) is 6.02. The summed E-state index contributed by atoms with van der Waals surface area (Å²) in [5.74, 6) is -6.68. The molecule has 4 N–H and O–H groups in total. The average molecular weight is 764 g/mol. The molecule has 0 aliphatic carbocycles. The summed E-state index contributed by atoms with van der Waals surface area (Å²) in [6.45, 7) is -2.03. The molecule has 2 atom stereocenters. The van der Waals surface area contributed by atoms with Gasteiger partial charge in [-0.15, -0.1) is 0 Å². The molecule has 2 aliphatic rings. The standard InChI is InChI=1S/C28H27ClF9N7O6/c29-17-2-1-14(20-8-15(10-42-5-3-25(31,32)4-6-42)22-23(45(49,50)51)39-13-40-44(20)22)7-16(17)24(47)41-19-12-43(11-18(19)30)21(46)9-26(48,27(33,34)35)28(36,37)38/h1-2,7-8,13,18-19,48-50H,3-6,9-12H2,(H,41,47)/t18-,19+/m0/s1. The maximum atomic E-state index is 14.9. The van der Waals surface area contributed by atoms with Crippen LogP contribution in [0.25, 0.3) is 16.8 Å². The Labute approximate surface area is 285 Å². The lowest BCUT2D eigenvalue weighted by molar-refractivity contribution is -0.367. The Balaban J connectivity index is 1.40. The van der Waals surface area contributed by atoms with Gasteiger partial charge in [-0.25, -0.2) is 17.7 Å². The number of carbonyl (C=O) groups excluding carboxylic acids is 2. The summed E-state index contributed by atoms with van der Waals surface area (Å²) in [7, 11) is 0. The molecule has 51 heavy (non-hydrogen) atoms. The summed E-state index contributed by atoms with van der Waals surface area (Å²) < 4.78 is 122. The predicted molar refractivity (Wildman–Crippen MR) is 156 cm³/mol. The normalized spacial score (nSPS) is 20.6. The molecule has 280 valence electrons. The van der Waals surface area contributed by atoms with E-state index in [1.807, 2.05) is 0 Å². The lowest BCUT2D eigenvalue weighted by Crippen LogP contribution is -2.59. The Morgan fingerprint density at radius 2 is 1.69 bits per heavy atom. The van der Waals surface area contributed by atoms with Crippen molar-refractivity contribution in [3.05, 3.63) is 51.9 Å². The first-order valence-electron chi connectivity index (χ1n) is 14.8. The number of hydrogen-bond donors (Lipinski definition) is 4. The van der Waals surface area contributed by atoms with Gasteiger partial charge in [-0.2, -0.15) is 46.8 Å². The predicted octanol–water partition coefficient (Wildman–Crippen LogP) is 4.39. The maximum Gasteiger partial charge on any atom is 0.426 e. The number of halogens is 10. The molecule has 0 bridgehead atoms. The van der Waals surface area contributed by atoms with Crippen molar-refractivity contribution in [1.29, 1.82) is 0 Å². The van der Waals surface area contributed by atoms with Crippen LogP contribution in [0.1, 0.15) is 35.2 Å². The molecule has 3 aromatic rings. The van der Waals surface area contributed by atoms with Gasteiger partial charge in [-0.05, 0) is 23.2 Å². The fraction of sp³-hybridized carbons (Fsp3) is 0.500. The molecule has 2 saturated heterocycles. The van der Waals surface area contributed by atoms with E-state index in [2.05, 4.69) is 15.4 Å². The lowest BCUT2D eigenvalue weighted by Gasteiger charge is -2.32. The molecule has 0 radical (unpaired) electrons. The number of aliphatic hydroxyl groups is 1. The highest BCUT2D eigenvalue weighted by atomic mass is 35.5. The van der Waals surface area contributed by atoms with E-state index in [0.29, 0.717) is 4.90 Å². The molecule has 0 unspecified atom stereocenters. The topological polar surface area (TPSA) is 167 Å². The molecule has 4 heterocycles. The Morgan fingerprint density at radius 1 is 1.06 bits per heavy atom. The maximum absolute atomic E-state index is 14.9. The molecule has 23 heteroatoms. The van der Waals surface area contributed by atoms with Crippen molar-refractivity contribution in [1.82, 2.24) is 34.7 Å². The summed E-state index contributed by atoms with van der Waals surface area (Å²) in [6, 6.07) is 3.56. The average Bonchev–Trinajstić information content (AvgIpc) is 3.56. The van der Waals surface area contributed by atoms with Crippen LogP contribution in [0.3, 0.4) is 0 Å². The molecule has 2 fully saturated rings. The van der Waals surface area contributed by atoms with Crippen molar-refractivity contribution in [2.45, 2.75) is 61.9 Å². The minimum Gasteiger partial charge on any atom is -0.558 e. The third-order valence-corrected chi connectivity index (χ3v) is 8.97. The summed E-state index contributed by atoms with van der Waals surface area (Å²) in [5, 5.41) is 47.3. The van der Waals surface area contributed by atoms with E-state index in [1.54, 1.807) is 4.90 Å². The van der Waals surface area contributed by atoms with Gasteiger partial charge in [0, 0.05) is 50.1 Å². The number of carbonyl (C=O) groups is 2. The van der Waals surface area contributed by atoms with Crippen LogP contribution in [0.4, 0.5) is 45.3 Å². The van der Waals surface area contributed by atoms with E-state index in [0.717, 1.165) is 10.8 Å². The Kier molecular flexibility index (Phi) is 10.0. The number of fused-ring (bicyclic) bond motifs is 1. The molecule has 2 aromatic heterocycles. The summed E-state index contributed by atoms with van der Waals surface area (Å²) >= 11 is 6.23. The SMILES string of the molecule is O=C(N[C@@H]1CN(C(=O)CC(O)(C(F)(F)F)C(F)(F)F)C[C@@H]1F)c1cc(-c2cc(CN3CCC(F)(F)CC3)c3c([N+]([O-])(O)O)ncnn23)ccc1Cl. The number of aromatic nitrogens is 3. The number of benzene rings is 1. The number of nitrogens with zero attached hydrogens (tertiary/aromatic N) is 6. The highest BCUT2D eigenvalue weighted by molar-refractivity contribution is 6.34. The number of rotatable bonds is 8. The van der Waals surface area contributed by atoms with Crippen molar-refractivity contribution in [2.75, 3.05) is 26.2 Å². The Hall–Kier alpha value is -3.80. The number of likely N-dealkylation sites (tertiary alicyclic amines) is 2. The van der Waals surface area contributed by atoms with Crippen LogP contribution in [0.2, 0.25) is 5.02 Å². The molecular weight excluding hydrogens is 737 g/mol. The van der Waals surface area contributed by atoms with Gasteiger partial charge in [-0.1, -0.05) is 17.7 Å². The van der Waals surface area contributed by atoms with Gasteiger partial charge in [0.2, 0.25) is 5.91 Å². The van der Waals surface area contributed by atoms with Crippen LogP contribution < -0.4 is 10.3 Å². The second kappa shape index (κ2) is 13.3. The second-order valence-corrected chi connectivity index (χ2v) is 12.6. The number of hydrogen-bond acceptors (Lipinski definition) is 9. The van der Waals surface area contributed by atoms with Crippen LogP contribution in [-0.4, -0.2) is 114 Å². The lowest BCUT2D eigenvalue weighted by atomic mass is 9.97. The highest BCUT2D eigenvalue weighted by Crippen LogP contribution is 2.45. The zero-order valence-corrected chi connectivity index (χ0v) is 26.5. The fourth-order valence-electron chi connectivity index (χ4n) is 5.82. The summed E-state index contributed by atoms with van der Waals surface area (Å²) in [5.41, 5.74) is -5.50. The zero-order chi connectivity index (χ0) is 37.9. The molecule has 0 saturated carbocycles. The van der Waals surface area contributed by atoms with E-state index >= 15 is 0 Å². The van der Waals surface area contributed by atoms with Gasteiger partial charge < -0.3 is 20.5 Å². The van der Waals surface area contributed by atoms with Crippen LogP contribution in [0.15, 0.2) is 30.6 Å². The monoisotopic (exact) mass is 763 g/mol. The number of nitrogens with one attached hydrogen (secondary N) is 1. The van der Waals surface area contributed by atoms with E-state index in [-0.39, 0.29) is 52.6 Å². The molecule has 0 spiro atoms. The van der Waals surface area contributed by atoms with Crippen molar-refractivity contribution in [3.63, 3.8) is 0 Å². The van der Waals surface area contributed by atoms with E-state index in [4.69, 9.17) is 11.6 Å². The molecular formula is C28H27ClF9N7O6. The highest BCUT2D eigenvalue weighted by Gasteiger charge is 2.71. The molecule has 2 amide bonds. The van der Waals surface area contributed by atoms with Gasteiger partial charge in [-0.3, -0.25) is 14.5 Å². The Bertz CT molecular complexity index is 1790.